The van der Waals surface area contributed by atoms with E-state index >= 15 is 0 Å². The van der Waals surface area contributed by atoms with Gasteiger partial charge in [0, 0.05) is 155 Å². The SMILES string of the molecule is C.C.C.C.CC(=O)O[C@@]12CC(=[N+]=[N-])C(=O)C[C@@]13CCN(CC1CC1)[C@@H]2Cc1ccc(C)cc13.CC(=O)O[C@@]12C[C@H](OCC(C)C)C(=O)C[C@@]13CCN(CC1CC1)[C@@H]2Cc1ccc(C)cc13.CC(C)CO.CO.Cc1ccc(S(=O)(=O)N=[N+]=[N-])cc1.Cc1ccc2c(c1)[C@]13CCN(CC4CC4)[C@H](C2)[C@]1(O)CCC(=O)C3.Cc1ccc2c(c1)[C@]13CCN(CC4CC4)[C@H](C2)[C@]1(O)C[C@H](OCC(C)C)C(=O)C3.[Na+].[OH-]. The van der Waals surface area contributed by atoms with Gasteiger partial charge in [0.15, 0.2) is 11.6 Å². The smallest absolute Gasteiger partial charge is 0.870 e. The molecule has 4 heterocycles. The van der Waals surface area contributed by atoms with Crippen molar-refractivity contribution in [3.05, 3.63) is 185 Å². The zero-order valence-corrected chi connectivity index (χ0v) is 86.1. The Labute approximate surface area is 857 Å². The van der Waals surface area contributed by atoms with E-state index in [1.165, 1.54) is 133 Å². The van der Waals surface area contributed by atoms with Crippen LogP contribution in [0.15, 0.2) is 106 Å². The molecule has 0 amide bonds. The van der Waals surface area contributed by atoms with Crippen LogP contribution in [0.3, 0.4) is 0 Å². The topological polar surface area (TPSA) is 383 Å². The van der Waals surface area contributed by atoms with Gasteiger partial charge in [-0.1, -0.05) is 184 Å². The molecule has 5 aromatic rings. The first-order chi connectivity index (χ1) is 63.8. The Morgan fingerprint density at radius 1 is 0.464 bits per heavy atom. The van der Waals surface area contributed by atoms with E-state index in [2.05, 4.69) is 162 Å². The molecule has 0 radical (unpaired) electrons. The van der Waals surface area contributed by atoms with Crippen molar-refractivity contribution in [1.29, 1.82) is 0 Å². The Balaban J connectivity index is 0.000000194. The molecule has 766 valence electrons. The van der Waals surface area contributed by atoms with E-state index in [9.17, 15) is 52.9 Å². The number of benzene rings is 5. The number of likely N-dealkylation sites (tertiary alicyclic amines) is 4. The number of nitrogens with zero attached hydrogens (tertiary/aromatic N) is 9. The summed E-state index contributed by atoms with van der Waals surface area (Å²) in [5.74, 6) is 4.24. The molecule has 16 aliphatic rings. The Kier molecular flexibility index (Phi) is 38.9. The van der Waals surface area contributed by atoms with Crippen LogP contribution in [-0.4, -0.2) is 238 Å². The van der Waals surface area contributed by atoms with Crippen LogP contribution in [0.25, 0.3) is 16.0 Å². The summed E-state index contributed by atoms with van der Waals surface area (Å²) in [5.41, 5.74) is 28.5. The fraction of sp³-hybridized carbons (Fsp3) is 0.670. The maximum absolute atomic E-state index is 13.5. The number of piperidine rings is 4. The second-order valence-corrected chi connectivity index (χ2v) is 45.7. The monoisotopic (exact) mass is 1960 g/mol. The minimum Gasteiger partial charge on any atom is -0.870 e. The zero-order valence-electron chi connectivity index (χ0n) is 83.3. The van der Waals surface area contributed by atoms with Crippen molar-refractivity contribution in [3.8, 4) is 0 Å². The number of aliphatic hydroxyl groups excluding tert-OH is 2. The number of Topliss-reactive ketones (excluding diaryl/α,β-unsaturated/α-hetero) is 4. The van der Waals surface area contributed by atoms with Crippen LogP contribution < -0.4 is 29.6 Å². The third kappa shape index (κ3) is 23.0. The molecule has 0 aromatic heterocycles. The summed E-state index contributed by atoms with van der Waals surface area (Å²) in [6.45, 7) is 35.2. The number of hydrogen-bond acceptors (Lipinski definition) is 21. The molecular formula is C112H164N9NaO17S. The summed E-state index contributed by atoms with van der Waals surface area (Å²) < 4.78 is 49.8. The Bertz CT molecular complexity index is 5460. The van der Waals surface area contributed by atoms with Crippen molar-refractivity contribution in [1.82, 2.24) is 19.6 Å². The van der Waals surface area contributed by atoms with Crippen LogP contribution in [0.4, 0.5) is 0 Å². The second-order valence-electron chi connectivity index (χ2n) is 44.1. The molecular weight excluding hydrogens is 1800 g/mol. The second kappa shape index (κ2) is 46.8. The molecule has 0 spiro atoms. The molecule has 5 N–H and O–H groups in total. The number of azide groups is 1. The summed E-state index contributed by atoms with van der Waals surface area (Å²) in [4.78, 5) is 92.7. The normalized spacial score (nSPS) is 30.4. The average Bonchev–Trinajstić information content (AvgIpc) is 0.712. The molecule has 14 atom stereocenters. The predicted molar refractivity (Wildman–Crippen MR) is 542 cm³/mol. The Hall–Kier alpha value is -7.08. The van der Waals surface area contributed by atoms with Crippen molar-refractivity contribution in [3.63, 3.8) is 0 Å². The predicted octanol–water partition coefficient (Wildman–Crippen LogP) is 14.4. The first kappa shape index (κ1) is 116. The van der Waals surface area contributed by atoms with Crippen molar-refractivity contribution < 1.29 is 116 Å². The van der Waals surface area contributed by atoms with Crippen molar-refractivity contribution in [2.24, 2.45) is 45.9 Å². The van der Waals surface area contributed by atoms with Gasteiger partial charge in [-0.3, -0.25) is 48.4 Å². The third-order valence-electron chi connectivity index (χ3n) is 33.1. The average molecular weight is 1960 g/mol. The van der Waals surface area contributed by atoms with Crippen molar-refractivity contribution in [2.75, 3.05) is 79.3 Å². The summed E-state index contributed by atoms with van der Waals surface area (Å²) in [5, 5.41) is 39.5. The van der Waals surface area contributed by atoms with Gasteiger partial charge < -0.3 is 50.4 Å². The number of carbonyl (C=O) groups excluding carboxylic acids is 6. The molecule has 12 fully saturated rings. The van der Waals surface area contributed by atoms with E-state index in [1.54, 1.807) is 12.1 Å². The number of carbonyl (C=O) groups is 6. The number of ketones is 4. The number of fused-ring (bicyclic) bond motifs is 4. The molecule has 8 bridgehead atoms. The number of aryl methyl sites for hydroxylation is 5. The summed E-state index contributed by atoms with van der Waals surface area (Å²) in [7, 11) is -2.82. The maximum Gasteiger partial charge on any atom is 1.00 e. The van der Waals surface area contributed by atoms with Gasteiger partial charge in [0.2, 0.25) is 5.78 Å². The van der Waals surface area contributed by atoms with Gasteiger partial charge in [-0.2, -0.15) is 4.79 Å². The van der Waals surface area contributed by atoms with Gasteiger partial charge in [0.1, 0.15) is 29.2 Å². The van der Waals surface area contributed by atoms with Crippen LogP contribution in [0.2, 0.25) is 0 Å². The van der Waals surface area contributed by atoms with Crippen LogP contribution in [-0.2, 0) is 105 Å². The molecule has 28 heteroatoms. The molecule has 12 aliphatic carbocycles. The summed E-state index contributed by atoms with van der Waals surface area (Å²) >= 11 is 0. The van der Waals surface area contributed by atoms with Gasteiger partial charge in [-0.05, 0) is 274 Å². The van der Waals surface area contributed by atoms with Crippen LogP contribution in [0.5, 0.6) is 0 Å². The van der Waals surface area contributed by atoms with Gasteiger partial charge in [0.05, 0.1) is 34.6 Å². The van der Waals surface area contributed by atoms with E-state index < -0.39 is 60.9 Å². The minimum atomic E-state index is -3.82. The van der Waals surface area contributed by atoms with Gasteiger partial charge in [-0.15, -0.1) is 0 Å². The fourth-order valence-corrected chi connectivity index (χ4v) is 26.6. The van der Waals surface area contributed by atoms with E-state index in [1.807, 2.05) is 20.8 Å². The minimum absolute atomic E-state index is 0. The molecule has 4 aliphatic heterocycles. The molecule has 21 rings (SSSR count). The molecule has 0 unspecified atom stereocenters. The van der Waals surface area contributed by atoms with Crippen LogP contribution >= 0.6 is 0 Å². The first-order valence-corrected chi connectivity index (χ1v) is 51.4. The quantitative estimate of drug-likeness (QED) is 0.0196. The number of aliphatic hydroxyl groups is 4. The molecule has 8 saturated carbocycles. The number of rotatable bonds is 19. The molecule has 4 saturated heterocycles. The Morgan fingerprint density at radius 3 is 1.18 bits per heavy atom. The number of ether oxygens (including phenoxy) is 4. The number of esters is 2. The molecule has 140 heavy (non-hydrogen) atoms. The van der Waals surface area contributed by atoms with Gasteiger partial charge in [-0.25, -0.2) is 8.42 Å². The first-order valence-electron chi connectivity index (χ1n) is 50.0. The molecule has 26 nitrogen and oxygen atoms in total. The van der Waals surface area contributed by atoms with E-state index in [0.717, 1.165) is 145 Å². The van der Waals surface area contributed by atoms with Crippen molar-refractivity contribution in [2.45, 2.75) is 366 Å². The summed E-state index contributed by atoms with van der Waals surface area (Å²) in [6, 6.07) is 32.9. The van der Waals surface area contributed by atoms with E-state index in [4.69, 9.17) is 34.7 Å². The number of sulfonamides is 1. The largest absolute Gasteiger partial charge is 1.00 e. The Morgan fingerprint density at radius 2 is 0.800 bits per heavy atom. The van der Waals surface area contributed by atoms with E-state index in [0.29, 0.717) is 94.2 Å². The van der Waals surface area contributed by atoms with Gasteiger partial charge >= 0.3 is 47.2 Å². The zero-order chi connectivity index (χ0) is 96.2. The third-order valence-corrected chi connectivity index (χ3v) is 34.2. The summed E-state index contributed by atoms with van der Waals surface area (Å²) in [6.07, 6.45) is 20.2. The van der Waals surface area contributed by atoms with Crippen LogP contribution in [0.1, 0.15) is 292 Å². The van der Waals surface area contributed by atoms with Gasteiger partial charge in [0.25, 0.3) is 10.0 Å². The van der Waals surface area contributed by atoms with E-state index in [-0.39, 0.29) is 147 Å². The number of hydrogen-bond donors (Lipinski definition) is 4. The fourth-order valence-electron chi connectivity index (χ4n) is 25.9. The van der Waals surface area contributed by atoms with Crippen molar-refractivity contribution >= 4 is 50.8 Å². The van der Waals surface area contributed by atoms with Crippen LogP contribution in [0, 0.1) is 76.0 Å². The maximum atomic E-state index is 13.5. The molecule has 5 aromatic carbocycles. The standard InChI is InChI=1S/C27H37NO4.C25H35NO3.C23H27N3O3.C21H27NO2.C7H7N3O2S.C4H10O.CH4O.4CH4.Na.H2O/c1-17(2)16-31-24-14-27(32-19(4)29)25-12-21-8-5-18(3)11-22(21)26(27,13-23(24)30)9-10-28(25)15-20-6-7-20;1-16(2)15-29-22-13-25(28)23-11-19-7-4-17(3)10-20(19)24(25,12-21(22)27)8-9-26(23)14-18-5-6-18;1-14-3-6-17-10-21-23(29-15(2)27)11-19(25-24)20(28)12-22(23,18(17)9-14)7-8-26(21)13-16-4-5-16;1-14-2-5-16-11-19-21(24)7-6-17(23)12-20(21,18(16)10-14)8-9-22(19)13-15-3-4-15;1-6-2-4-7(5-3-6)13(11,12)10-9-8;1-4(2)3-5;1-2;;;;;;/h5,8,11,17,20,24-25H,6-7,9-10,12-16H2,1-4H3;4,7,10,16,18,22-23,28H,5-6,8-9,11-15H2,1-3H3;3,6,9,16,21H,4-5,7-8,10-13H2,1-2H3;2,5,10,15,19,24H,3-4,6-9,11-13H2,1H3;2-5H,1H3;4-5H,3H2,1-2H3;2H,1H3;4*1H4;;1H2/q;;;;;;;;;;;+1;/p-1/t24-,25+,26+,27+;22-,23+,24+,25+;21-,22-,23-;19-,20-,21-;;;;;;;;;/m0011........./s1.